The fraction of sp³-hybridized carbons (Fsp3) is 0.562. The number of likely N-dealkylation sites (N-methyl/N-ethyl adjacent to an activating group) is 1. The van der Waals surface area contributed by atoms with Gasteiger partial charge in [-0.05, 0) is 38.4 Å². The quantitative estimate of drug-likeness (QED) is 0.810. The maximum Gasteiger partial charge on any atom is 0.253 e. The van der Waals surface area contributed by atoms with Gasteiger partial charge < -0.3 is 16.0 Å². The van der Waals surface area contributed by atoms with Crippen molar-refractivity contribution in [2.75, 3.05) is 25.9 Å². The molecule has 1 aromatic rings. The number of aryl methyl sites for hydroxylation is 1. The van der Waals surface area contributed by atoms with Crippen LogP contribution < -0.4 is 11.1 Å². The summed E-state index contributed by atoms with van der Waals surface area (Å²) < 4.78 is 0. The molecule has 20 heavy (non-hydrogen) atoms. The maximum absolute atomic E-state index is 12.2. The molecule has 2 rings (SSSR count). The Hall–Kier alpha value is -1.55. The van der Waals surface area contributed by atoms with Gasteiger partial charge in [-0.25, -0.2) is 0 Å². The van der Waals surface area contributed by atoms with Crippen molar-refractivity contribution >= 4 is 11.6 Å². The first kappa shape index (κ1) is 14.9. The van der Waals surface area contributed by atoms with E-state index in [0.717, 1.165) is 12.1 Å². The van der Waals surface area contributed by atoms with Crippen molar-refractivity contribution in [3.8, 4) is 0 Å². The maximum atomic E-state index is 12.2. The first-order valence-corrected chi connectivity index (χ1v) is 7.43. The second-order valence-electron chi connectivity index (χ2n) is 5.71. The van der Waals surface area contributed by atoms with Gasteiger partial charge in [0.25, 0.3) is 5.91 Å². The van der Waals surface area contributed by atoms with Crippen LogP contribution in [0.5, 0.6) is 0 Å². The van der Waals surface area contributed by atoms with Crippen LogP contribution in [0.3, 0.4) is 0 Å². The molecule has 0 atom stereocenters. The van der Waals surface area contributed by atoms with E-state index >= 15 is 0 Å². The van der Waals surface area contributed by atoms with Crippen LogP contribution in [-0.4, -0.2) is 37.0 Å². The summed E-state index contributed by atoms with van der Waals surface area (Å²) in [6, 6.07) is 6.24. The summed E-state index contributed by atoms with van der Waals surface area (Å²) in [7, 11) is 2.14. The number of rotatable bonds is 5. The Kier molecular flexibility index (Phi) is 5.01. The summed E-state index contributed by atoms with van der Waals surface area (Å²) in [5.74, 6) is -0.0691. The molecule has 1 fully saturated rings. The first-order valence-electron chi connectivity index (χ1n) is 7.43. The fourth-order valence-electron chi connectivity index (χ4n) is 2.96. The van der Waals surface area contributed by atoms with Crippen LogP contribution >= 0.6 is 0 Å². The number of nitrogen functional groups attached to an aromatic ring is 1. The predicted molar refractivity (Wildman–Crippen MR) is 82.8 cm³/mol. The largest absolute Gasteiger partial charge is 0.398 e. The molecule has 0 heterocycles. The van der Waals surface area contributed by atoms with E-state index in [-0.39, 0.29) is 5.91 Å². The Bertz CT molecular complexity index is 447. The lowest BCUT2D eigenvalue weighted by Gasteiger charge is -2.24. The predicted octanol–water partition coefficient (Wildman–Crippen LogP) is 2.18. The van der Waals surface area contributed by atoms with Crippen molar-refractivity contribution < 1.29 is 4.79 Å². The standard InChI is InChI=1S/C16H25N3O/c1-12-6-5-9-14(17)15(12)16(20)18-10-11-19(2)13-7-3-4-8-13/h5-6,9,13H,3-4,7-8,10-11,17H2,1-2H3,(H,18,20). The molecule has 1 aliphatic carbocycles. The highest BCUT2D eigenvalue weighted by molar-refractivity contribution is 6.00. The van der Waals surface area contributed by atoms with E-state index in [1.165, 1.54) is 25.7 Å². The van der Waals surface area contributed by atoms with Gasteiger partial charge in [-0.3, -0.25) is 4.79 Å². The van der Waals surface area contributed by atoms with Crippen LogP contribution in [0.2, 0.25) is 0 Å². The molecule has 0 aliphatic heterocycles. The molecule has 1 saturated carbocycles. The number of hydrogen-bond acceptors (Lipinski definition) is 3. The molecule has 0 bridgehead atoms. The molecule has 0 unspecified atom stereocenters. The lowest BCUT2D eigenvalue weighted by molar-refractivity contribution is 0.0947. The summed E-state index contributed by atoms with van der Waals surface area (Å²) in [4.78, 5) is 14.5. The highest BCUT2D eigenvalue weighted by atomic mass is 16.1. The second-order valence-corrected chi connectivity index (χ2v) is 5.71. The summed E-state index contributed by atoms with van der Waals surface area (Å²) in [5.41, 5.74) is 7.96. The van der Waals surface area contributed by atoms with Gasteiger partial charge >= 0.3 is 0 Å². The SMILES string of the molecule is Cc1cccc(N)c1C(=O)NCCN(C)C1CCCC1. The molecule has 0 aromatic heterocycles. The first-order chi connectivity index (χ1) is 9.59. The number of nitrogens with zero attached hydrogens (tertiary/aromatic N) is 1. The lowest BCUT2D eigenvalue weighted by Crippen LogP contribution is -2.37. The molecule has 0 spiro atoms. The number of anilines is 1. The van der Waals surface area contributed by atoms with Crippen molar-refractivity contribution in [2.24, 2.45) is 0 Å². The monoisotopic (exact) mass is 275 g/mol. The Morgan fingerprint density at radius 2 is 2.10 bits per heavy atom. The number of hydrogen-bond donors (Lipinski definition) is 2. The van der Waals surface area contributed by atoms with E-state index in [2.05, 4.69) is 17.3 Å². The average molecular weight is 275 g/mol. The smallest absolute Gasteiger partial charge is 0.253 e. The van der Waals surface area contributed by atoms with Gasteiger partial charge in [0, 0.05) is 24.8 Å². The number of nitrogens with two attached hydrogens (primary N) is 1. The Balaban J connectivity index is 1.83. The topological polar surface area (TPSA) is 58.4 Å². The van der Waals surface area contributed by atoms with Gasteiger partial charge in [0.2, 0.25) is 0 Å². The molecule has 4 nitrogen and oxygen atoms in total. The van der Waals surface area contributed by atoms with Crippen molar-refractivity contribution in [3.05, 3.63) is 29.3 Å². The van der Waals surface area contributed by atoms with Crippen molar-refractivity contribution in [1.29, 1.82) is 0 Å². The molecule has 1 aromatic carbocycles. The number of nitrogens with one attached hydrogen (secondary N) is 1. The minimum absolute atomic E-state index is 0.0691. The van der Waals surface area contributed by atoms with Crippen molar-refractivity contribution in [3.63, 3.8) is 0 Å². The zero-order valence-corrected chi connectivity index (χ0v) is 12.5. The van der Waals surface area contributed by atoms with Gasteiger partial charge in [-0.2, -0.15) is 0 Å². The number of benzene rings is 1. The second kappa shape index (κ2) is 6.75. The average Bonchev–Trinajstić information content (AvgIpc) is 2.92. The van der Waals surface area contributed by atoms with Crippen LogP contribution in [0, 0.1) is 6.92 Å². The molecular formula is C16H25N3O. The van der Waals surface area contributed by atoms with Gasteiger partial charge in [0.05, 0.1) is 5.56 Å². The molecule has 0 saturated heterocycles. The molecule has 4 heteroatoms. The van der Waals surface area contributed by atoms with E-state index in [1.807, 2.05) is 19.1 Å². The van der Waals surface area contributed by atoms with Gasteiger partial charge in [0.1, 0.15) is 0 Å². The lowest BCUT2D eigenvalue weighted by atomic mass is 10.1. The Morgan fingerprint density at radius 3 is 2.75 bits per heavy atom. The number of amides is 1. The van der Waals surface area contributed by atoms with Crippen molar-refractivity contribution in [2.45, 2.75) is 38.6 Å². The van der Waals surface area contributed by atoms with Crippen LogP contribution in [0.4, 0.5) is 5.69 Å². The minimum atomic E-state index is -0.0691. The molecule has 3 N–H and O–H groups in total. The fourth-order valence-corrected chi connectivity index (χ4v) is 2.96. The summed E-state index contributed by atoms with van der Waals surface area (Å²) in [6.07, 6.45) is 5.24. The van der Waals surface area contributed by atoms with Crippen LogP contribution in [-0.2, 0) is 0 Å². The molecule has 0 radical (unpaired) electrons. The molecule has 110 valence electrons. The molecule has 1 amide bonds. The third-order valence-corrected chi connectivity index (χ3v) is 4.23. The van der Waals surface area contributed by atoms with E-state index < -0.39 is 0 Å². The van der Waals surface area contributed by atoms with E-state index in [0.29, 0.717) is 23.8 Å². The van der Waals surface area contributed by atoms with Gasteiger partial charge in [-0.1, -0.05) is 25.0 Å². The van der Waals surface area contributed by atoms with Crippen LogP contribution in [0.1, 0.15) is 41.6 Å². The normalized spacial score (nSPS) is 15.8. The van der Waals surface area contributed by atoms with Gasteiger partial charge in [0.15, 0.2) is 0 Å². The van der Waals surface area contributed by atoms with Crippen LogP contribution in [0.15, 0.2) is 18.2 Å². The Morgan fingerprint density at radius 1 is 1.40 bits per heavy atom. The summed E-state index contributed by atoms with van der Waals surface area (Å²) in [6.45, 7) is 3.47. The number of carbonyl (C=O) groups is 1. The van der Waals surface area contributed by atoms with E-state index in [1.54, 1.807) is 6.07 Å². The minimum Gasteiger partial charge on any atom is -0.398 e. The zero-order valence-electron chi connectivity index (χ0n) is 12.5. The third kappa shape index (κ3) is 3.51. The van der Waals surface area contributed by atoms with Crippen LogP contribution in [0.25, 0.3) is 0 Å². The third-order valence-electron chi connectivity index (χ3n) is 4.23. The van der Waals surface area contributed by atoms with Crippen molar-refractivity contribution in [1.82, 2.24) is 10.2 Å². The molecular weight excluding hydrogens is 250 g/mol. The highest BCUT2D eigenvalue weighted by Crippen LogP contribution is 2.22. The summed E-state index contributed by atoms with van der Waals surface area (Å²) >= 11 is 0. The molecule has 1 aliphatic rings. The highest BCUT2D eigenvalue weighted by Gasteiger charge is 2.19. The van der Waals surface area contributed by atoms with E-state index in [9.17, 15) is 4.79 Å². The Labute approximate surface area is 121 Å². The zero-order chi connectivity index (χ0) is 14.5. The van der Waals surface area contributed by atoms with Gasteiger partial charge in [-0.15, -0.1) is 0 Å². The summed E-state index contributed by atoms with van der Waals surface area (Å²) in [5, 5.41) is 2.97. The number of carbonyl (C=O) groups excluding carboxylic acids is 1. The van der Waals surface area contributed by atoms with E-state index in [4.69, 9.17) is 5.73 Å².